The zero-order valence-corrected chi connectivity index (χ0v) is 11.7. The summed E-state index contributed by atoms with van der Waals surface area (Å²) >= 11 is 9.69. The number of anilines is 1. The van der Waals surface area contributed by atoms with Gasteiger partial charge in [0.25, 0.3) is 0 Å². The van der Waals surface area contributed by atoms with E-state index in [1.165, 1.54) is 0 Å². The van der Waals surface area contributed by atoms with Crippen molar-refractivity contribution in [3.63, 3.8) is 0 Å². The van der Waals surface area contributed by atoms with Crippen LogP contribution in [0.4, 0.5) is 5.69 Å². The molecule has 1 rings (SSSR count). The van der Waals surface area contributed by atoms with Gasteiger partial charge in [-0.2, -0.15) is 0 Å². The van der Waals surface area contributed by atoms with E-state index in [1.807, 2.05) is 25.1 Å². The van der Waals surface area contributed by atoms with Crippen LogP contribution >= 0.6 is 27.5 Å². The second-order valence-electron chi connectivity index (χ2n) is 3.54. The van der Waals surface area contributed by atoms with Crippen LogP contribution < -0.4 is 4.90 Å². The fourth-order valence-corrected chi connectivity index (χ4v) is 2.75. The highest BCUT2D eigenvalue weighted by Gasteiger charge is 2.11. The number of hydrogen-bond donors (Lipinski definition) is 0. The van der Waals surface area contributed by atoms with Crippen LogP contribution in [-0.2, 0) is 0 Å². The molecule has 0 saturated carbocycles. The van der Waals surface area contributed by atoms with Gasteiger partial charge in [-0.25, -0.2) is 0 Å². The van der Waals surface area contributed by atoms with Crippen LogP contribution in [0.3, 0.4) is 0 Å². The molecule has 0 saturated heterocycles. The lowest BCUT2D eigenvalue weighted by Crippen LogP contribution is -2.24. The Hall–Kier alpha value is -0.730. The van der Waals surface area contributed by atoms with Crippen molar-refractivity contribution in [3.05, 3.63) is 52.5 Å². The molecule has 0 heterocycles. The Morgan fingerprint density at radius 1 is 1.31 bits per heavy atom. The van der Waals surface area contributed by atoms with Crippen molar-refractivity contribution in [2.24, 2.45) is 0 Å². The van der Waals surface area contributed by atoms with Crippen LogP contribution in [0, 0.1) is 6.92 Å². The first-order valence-electron chi connectivity index (χ1n) is 5.02. The van der Waals surface area contributed by atoms with E-state index in [-0.39, 0.29) is 0 Å². The fourth-order valence-electron chi connectivity index (χ4n) is 1.66. The highest BCUT2D eigenvalue weighted by atomic mass is 79.9. The summed E-state index contributed by atoms with van der Waals surface area (Å²) in [6, 6.07) is 3.96. The van der Waals surface area contributed by atoms with E-state index >= 15 is 0 Å². The van der Waals surface area contributed by atoms with E-state index in [4.69, 9.17) is 11.6 Å². The summed E-state index contributed by atoms with van der Waals surface area (Å²) in [5.74, 6) is 0. The molecule has 0 amide bonds. The molecular weight excluding hydrogens is 286 g/mol. The number of halogens is 2. The summed E-state index contributed by atoms with van der Waals surface area (Å²) in [4.78, 5) is 2.14. The minimum absolute atomic E-state index is 0.746. The molecule has 0 aliphatic carbocycles. The highest BCUT2D eigenvalue weighted by Crippen LogP contribution is 2.32. The summed E-state index contributed by atoms with van der Waals surface area (Å²) in [6.07, 6.45) is 3.72. The molecule has 0 spiro atoms. The molecule has 0 radical (unpaired) electrons. The van der Waals surface area contributed by atoms with Crippen LogP contribution in [0.5, 0.6) is 0 Å². The summed E-state index contributed by atoms with van der Waals surface area (Å²) in [6.45, 7) is 11.1. The molecule has 0 aliphatic rings. The first-order chi connectivity index (χ1) is 7.60. The maximum atomic E-state index is 6.26. The van der Waals surface area contributed by atoms with E-state index in [9.17, 15) is 0 Å². The largest absolute Gasteiger partial charge is 0.363 e. The molecule has 3 heteroatoms. The van der Waals surface area contributed by atoms with Crippen molar-refractivity contribution in [1.82, 2.24) is 0 Å². The number of aryl methyl sites for hydroxylation is 1. The second-order valence-corrected chi connectivity index (χ2v) is 4.86. The Morgan fingerprint density at radius 2 is 1.88 bits per heavy atom. The number of nitrogens with zero attached hydrogens (tertiary/aromatic N) is 1. The summed E-state index contributed by atoms with van der Waals surface area (Å²) in [5.41, 5.74) is 2.19. The Balaban J connectivity index is 3.16. The summed E-state index contributed by atoms with van der Waals surface area (Å²) in [7, 11) is 0. The lowest BCUT2D eigenvalue weighted by atomic mass is 10.1. The molecule has 86 valence electrons. The molecule has 0 unspecified atom stereocenters. The Labute approximate surface area is 111 Å². The quantitative estimate of drug-likeness (QED) is 0.719. The Bertz CT molecular complexity index is 368. The van der Waals surface area contributed by atoms with Crippen molar-refractivity contribution in [3.8, 4) is 0 Å². The van der Waals surface area contributed by atoms with E-state index < -0.39 is 0 Å². The molecule has 0 bridgehead atoms. The molecule has 0 atom stereocenters. The number of benzene rings is 1. The second kappa shape index (κ2) is 6.12. The van der Waals surface area contributed by atoms with Gasteiger partial charge < -0.3 is 4.90 Å². The molecule has 0 fully saturated rings. The predicted molar refractivity (Wildman–Crippen MR) is 76.5 cm³/mol. The third kappa shape index (κ3) is 3.13. The number of hydrogen-bond acceptors (Lipinski definition) is 1. The van der Waals surface area contributed by atoms with Crippen LogP contribution in [0.25, 0.3) is 0 Å². The predicted octanol–water partition coefficient (Wildman–Crippen LogP) is 4.59. The topological polar surface area (TPSA) is 3.24 Å². The normalized spacial score (nSPS) is 9.94. The maximum Gasteiger partial charge on any atom is 0.0653 e. The third-order valence-corrected chi connectivity index (χ3v) is 2.98. The average Bonchev–Trinajstić information content (AvgIpc) is 2.16. The SMILES string of the molecule is C=CCN(CC=C)c1c(C)cc(Br)cc1Cl. The highest BCUT2D eigenvalue weighted by molar-refractivity contribution is 9.10. The monoisotopic (exact) mass is 299 g/mol. The van der Waals surface area contributed by atoms with Gasteiger partial charge in [-0.15, -0.1) is 13.2 Å². The van der Waals surface area contributed by atoms with E-state index in [0.717, 1.165) is 33.8 Å². The van der Waals surface area contributed by atoms with E-state index in [0.29, 0.717) is 0 Å². The van der Waals surface area contributed by atoms with Crippen molar-refractivity contribution in [2.45, 2.75) is 6.92 Å². The van der Waals surface area contributed by atoms with E-state index in [1.54, 1.807) is 0 Å². The molecule has 16 heavy (non-hydrogen) atoms. The smallest absolute Gasteiger partial charge is 0.0653 e. The van der Waals surface area contributed by atoms with Crippen LogP contribution in [0.1, 0.15) is 5.56 Å². The van der Waals surface area contributed by atoms with Gasteiger partial charge in [0.15, 0.2) is 0 Å². The van der Waals surface area contributed by atoms with Crippen molar-refractivity contribution in [2.75, 3.05) is 18.0 Å². The molecule has 0 N–H and O–H groups in total. The minimum atomic E-state index is 0.746. The molecular formula is C13H15BrClN. The van der Waals surface area contributed by atoms with Gasteiger partial charge in [0, 0.05) is 17.6 Å². The number of rotatable bonds is 5. The van der Waals surface area contributed by atoms with Gasteiger partial charge in [-0.05, 0) is 24.6 Å². The minimum Gasteiger partial charge on any atom is -0.363 e. The molecule has 0 aromatic heterocycles. The lowest BCUT2D eigenvalue weighted by Gasteiger charge is -2.25. The van der Waals surface area contributed by atoms with Gasteiger partial charge in [-0.1, -0.05) is 39.7 Å². The van der Waals surface area contributed by atoms with Gasteiger partial charge in [0.1, 0.15) is 0 Å². The summed E-state index contributed by atoms with van der Waals surface area (Å²) in [5, 5.41) is 0.746. The first kappa shape index (κ1) is 13.3. The average molecular weight is 301 g/mol. The Morgan fingerprint density at radius 3 is 2.31 bits per heavy atom. The molecule has 1 aromatic carbocycles. The van der Waals surface area contributed by atoms with Gasteiger partial charge in [0.2, 0.25) is 0 Å². The lowest BCUT2D eigenvalue weighted by molar-refractivity contribution is 0.949. The molecule has 0 aliphatic heterocycles. The molecule has 1 aromatic rings. The zero-order valence-electron chi connectivity index (χ0n) is 9.34. The fraction of sp³-hybridized carbons (Fsp3) is 0.231. The Kier molecular flexibility index (Phi) is 5.10. The van der Waals surface area contributed by atoms with Crippen LogP contribution in [0.2, 0.25) is 5.02 Å². The van der Waals surface area contributed by atoms with Crippen LogP contribution in [0.15, 0.2) is 41.9 Å². The zero-order chi connectivity index (χ0) is 12.1. The maximum absolute atomic E-state index is 6.26. The van der Waals surface area contributed by atoms with E-state index in [2.05, 4.69) is 40.1 Å². The third-order valence-electron chi connectivity index (χ3n) is 2.23. The van der Waals surface area contributed by atoms with Crippen molar-refractivity contribution >= 4 is 33.2 Å². The van der Waals surface area contributed by atoms with Crippen molar-refractivity contribution in [1.29, 1.82) is 0 Å². The van der Waals surface area contributed by atoms with Crippen molar-refractivity contribution < 1.29 is 0 Å². The van der Waals surface area contributed by atoms with Gasteiger partial charge in [0.05, 0.1) is 10.7 Å². The van der Waals surface area contributed by atoms with Crippen LogP contribution in [-0.4, -0.2) is 13.1 Å². The van der Waals surface area contributed by atoms with Gasteiger partial charge >= 0.3 is 0 Å². The first-order valence-corrected chi connectivity index (χ1v) is 6.19. The molecule has 1 nitrogen and oxygen atoms in total. The van der Waals surface area contributed by atoms with Gasteiger partial charge in [-0.3, -0.25) is 0 Å². The summed E-state index contributed by atoms with van der Waals surface area (Å²) < 4.78 is 0.996. The standard InChI is InChI=1S/C13H15BrClN/c1-4-6-16(7-5-2)13-10(3)8-11(14)9-12(13)15/h4-5,8-9H,1-2,6-7H2,3H3.